The fourth-order valence-electron chi connectivity index (χ4n) is 5.01. The molecule has 11 nitrogen and oxygen atoms in total. The van der Waals surface area contributed by atoms with Gasteiger partial charge in [0.2, 0.25) is 0 Å². The van der Waals surface area contributed by atoms with Gasteiger partial charge in [-0.2, -0.15) is 10.2 Å². The smallest absolute Gasteiger partial charge is 0.333 e. The Balaban J connectivity index is 1.31. The fourth-order valence-corrected chi connectivity index (χ4v) is 5.01. The molecular formula is C23H29N7O4. The highest BCUT2D eigenvalue weighted by Gasteiger charge is 2.44. The second-order valence-electron chi connectivity index (χ2n) is 8.78. The van der Waals surface area contributed by atoms with Crippen LogP contribution in [0.1, 0.15) is 41.7 Å². The van der Waals surface area contributed by atoms with E-state index in [1.165, 1.54) is 0 Å². The molecule has 2 saturated heterocycles. The van der Waals surface area contributed by atoms with Crippen molar-refractivity contribution in [2.45, 2.75) is 25.8 Å². The second kappa shape index (κ2) is 9.51. The Morgan fingerprint density at radius 1 is 1.15 bits per heavy atom. The number of nitrogens with one attached hydrogen (secondary N) is 3. The first-order chi connectivity index (χ1) is 16.6. The molecule has 34 heavy (non-hydrogen) atoms. The molecule has 0 bridgehead atoms. The van der Waals surface area contributed by atoms with Crippen molar-refractivity contribution in [1.29, 1.82) is 0 Å². The Morgan fingerprint density at radius 2 is 1.91 bits per heavy atom. The van der Waals surface area contributed by atoms with Crippen molar-refractivity contribution in [2.24, 2.45) is 16.1 Å². The molecule has 3 aliphatic heterocycles. The third-order valence-electron chi connectivity index (χ3n) is 6.71. The van der Waals surface area contributed by atoms with Gasteiger partial charge in [0, 0.05) is 38.6 Å². The van der Waals surface area contributed by atoms with Crippen LogP contribution in [0.15, 0.2) is 39.7 Å². The van der Waals surface area contributed by atoms with Crippen molar-refractivity contribution >= 4 is 23.5 Å². The molecule has 1 unspecified atom stereocenters. The molecule has 0 aromatic heterocycles. The average Bonchev–Trinajstić information content (AvgIpc) is 3.40. The first kappa shape index (κ1) is 22.5. The van der Waals surface area contributed by atoms with Gasteiger partial charge in [0.15, 0.2) is 5.78 Å². The van der Waals surface area contributed by atoms with Gasteiger partial charge in [-0.25, -0.2) is 14.6 Å². The standard InChI is InChI=1S/C23H29N7O4/c1-2-24-23(33)29-8-6-14(7-9-29)19-18-20(27-26-19)15-4-3-5-16(17(15)21(18)31)25-22(32)28-30-10-12-34-13-11-30/h3-5,14,20H,2,6-13H2,1H3,(H,24,33)(H2,25,28,32). The average molecular weight is 468 g/mol. The number of urea groups is 2. The lowest BCUT2D eigenvalue weighted by Crippen LogP contribution is -2.49. The number of amides is 4. The van der Waals surface area contributed by atoms with Crippen LogP contribution in [-0.2, 0) is 4.74 Å². The summed E-state index contributed by atoms with van der Waals surface area (Å²) in [6.07, 6.45) is 1.47. The number of morpholine rings is 1. The van der Waals surface area contributed by atoms with E-state index in [1.807, 2.05) is 19.1 Å². The lowest BCUT2D eigenvalue weighted by Gasteiger charge is -2.31. The lowest BCUT2D eigenvalue weighted by atomic mass is 9.89. The molecule has 5 rings (SSSR count). The van der Waals surface area contributed by atoms with Crippen molar-refractivity contribution in [3.05, 3.63) is 40.6 Å². The van der Waals surface area contributed by atoms with Gasteiger partial charge in [0.05, 0.1) is 35.7 Å². The third-order valence-corrected chi connectivity index (χ3v) is 6.71. The number of ether oxygens (including phenoxy) is 1. The number of azo groups is 1. The van der Waals surface area contributed by atoms with Gasteiger partial charge in [-0.05, 0) is 31.4 Å². The Kier molecular flexibility index (Phi) is 6.29. The zero-order valence-electron chi connectivity index (χ0n) is 19.2. The third kappa shape index (κ3) is 4.16. The van der Waals surface area contributed by atoms with Crippen LogP contribution in [0, 0.1) is 5.92 Å². The summed E-state index contributed by atoms with van der Waals surface area (Å²) < 4.78 is 5.30. The number of Topliss-reactive ketones (excluding diaryl/α,β-unsaturated/α-hetero) is 1. The minimum Gasteiger partial charge on any atom is -0.379 e. The van der Waals surface area contributed by atoms with Crippen LogP contribution in [0.25, 0.3) is 0 Å². The van der Waals surface area contributed by atoms with Gasteiger partial charge in [-0.15, -0.1) is 0 Å². The van der Waals surface area contributed by atoms with Gasteiger partial charge >= 0.3 is 12.1 Å². The highest BCUT2D eigenvalue weighted by Crippen LogP contribution is 2.49. The van der Waals surface area contributed by atoms with Crippen molar-refractivity contribution in [1.82, 2.24) is 20.7 Å². The summed E-state index contributed by atoms with van der Waals surface area (Å²) in [4.78, 5) is 40.0. The minimum absolute atomic E-state index is 0.0556. The summed E-state index contributed by atoms with van der Waals surface area (Å²) in [5.41, 5.74) is 5.86. The first-order valence-electron chi connectivity index (χ1n) is 11.8. The molecule has 1 atom stereocenters. The van der Waals surface area contributed by atoms with E-state index in [1.54, 1.807) is 16.0 Å². The van der Waals surface area contributed by atoms with E-state index in [2.05, 4.69) is 26.3 Å². The minimum atomic E-state index is -0.428. The number of fused-ring (bicyclic) bond motifs is 3. The molecule has 180 valence electrons. The van der Waals surface area contributed by atoms with Gasteiger partial charge in [-0.1, -0.05) is 12.1 Å². The molecular weight excluding hydrogens is 438 g/mol. The molecule has 3 N–H and O–H groups in total. The van der Waals surface area contributed by atoms with Gasteiger partial charge < -0.3 is 20.3 Å². The zero-order valence-corrected chi connectivity index (χ0v) is 19.2. The number of allylic oxidation sites excluding steroid dienone is 1. The largest absolute Gasteiger partial charge is 0.379 e. The maximum atomic E-state index is 13.5. The number of benzene rings is 1. The summed E-state index contributed by atoms with van der Waals surface area (Å²) >= 11 is 0. The topological polar surface area (TPSA) is 128 Å². The van der Waals surface area contributed by atoms with E-state index in [0.717, 1.165) is 24.1 Å². The molecule has 1 aromatic rings. The molecule has 0 spiro atoms. The molecule has 4 amide bonds. The predicted octanol–water partition coefficient (Wildman–Crippen LogP) is 2.45. The summed E-state index contributed by atoms with van der Waals surface area (Å²) in [6, 6.07) is 4.54. The van der Waals surface area contributed by atoms with Crippen LogP contribution in [0.3, 0.4) is 0 Å². The molecule has 0 saturated carbocycles. The van der Waals surface area contributed by atoms with Crippen LogP contribution in [-0.4, -0.2) is 73.7 Å². The van der Waals surface area contributed by atoms with E-state index in [0.29, 0.717) is 62.8 Å². The number of likely N-dealkylation sites (tertiary alicyclic amines) is 1. The number of nitrogens with zero attached hydrogens (tertiary/aromatic N) is 4. The Labute approximate surface area is 197 Å². The molecule has 3 heterocycles. The first-order valence-corrected chi connectivity index (χ1v) is 11.8. The molecule has 4 aliphatic rings. The highest BCUT2D eigenvalue weighted by atomic mass is 16.5. The monoisotopic (exact) mass is 467 g/mol. The number of piperidine rings is 1. The van der Waals surface area contributed by atoms with Crippen molar-refractivity contribution < 1.29 is 19.1 Å². The lowest BCUT2D eigenvalue weighted by molar-refractivity contribution is 0.0207. The summed E-state index contributed by atoms with van der Waals surface area (Å²) in [6.45, 7) is 6.06. The van der Waals surface area contributed by atoms with Crippen molar-refractivity contribution in [2.75, 3.05) is 51.3 Å². The van der Waals surface area contributed by atoms with Crippen LogP contribution in [0.5, 0.6) is 0 Å². The van der Waals surface area contributed by atoms with Crippen molar-refractivity contribution in [3.63, 3.8) is 0 Å². The quantitative estimate of drug-likeness (QED) is 0.627. The predicted molar refractivity (Wildman–Crippen MR) is 123 cm³/mol. The number of hydrazine groups is 1. The molecule has 11 heteroatoms. The molecule has 1 aliphatic carbocycles. The van der Waals surface area contributed by atoms with Crippen LogP contribution >= 0.6 is 0 Å². The SMILES string of the molecule is CCNC(=O)N1CCC(C2=C3C(=O)c4c(NC(=O)NN5CCOCC5)cccc4C3N=N2)CC1. The normalized spacial score (nSPS) is 22.6. The van der Waals surface area contributed by atoms with Gasteiger partial charge in [-0.3, -0.25) is 10.2 Å². The number of rotatable bonds is 4. The molecule has 1 aromatic carbocycles. The number of carbonyl (C=O) groups is 3. The maximum absolute atomic E-state index is 13.5. The fraction of sp³-hybridized carbons (Fsp3) is 0.522. The number of ketones is 1. The summed E-state index contributed by atoms with van der Waals surface area (Å²) in [7, 11) is 0. The van der Waals surface area contributed by atoms with E-state index < -0.39 is 12.1 Å². The number of hydrogen-bond donors (Lipinski definition) is 3. The van der Waals surface area contributed by atoms with Gasteiger partial charge in [0.1, 0.15) is 6.04 Å². The van der Waals surface area contributed by atoms with E-state index in [4.69, 9.17) is 4.74 Å². The summed E-state index contributed by atoms with van der Waals surface area (Å²) in [5.74, 6) is -0.0536. The van der Waals surface area contributed by atoms with Gasteiger partial charge in [0.25, 0.3) is 0 Å². The Morgan fingerprint density at radius 3 is 2.65 bits per heavy atom. The van der Waals surface area contributed by atoms with E-state index in [9.17, 15) is 14.4 Å². The molecule has 0 radical (unpaired) electrons. The summed E-state index contributed by atoms with van der Waals surface area (Å²) in [5, 5.41) is 16.3. The van der Waals surface area contributed by atoms with Crippen LogP contribution in [0.2, 0.25) is 0 Å². The van der Waals surface area contributed by atoms with Crippen molar-refractivity contribution in [3.8, 4) is 0 Å². The Bertz CT molecular complexity index is 1060. The zero-order chi connectivity index (χ0) is 23.7. The van der Waals surface area contributed by atoms with E-state index in [-0.39, 0.29) is 17.7 Å². The molecule has 2 fully saturated rings. The second-order valence-corrected chi connectivity index (χ2v) is 8.78. The van der Waals surface area contributed by atoms with E-state index >= 15 is 0 Å². The maximum Gasteiger partial charge on any atom is 0.333 e. The number of anilines is 1. The van der Waals surface area contributed by atoms with Crippen LogP contribution < -0.4 is 16.1 Å². The number of hydrogen-bond acceptors (Lipinski definition) is 7. The van der Waals surface area contributed by atoms with Crippen LogP contribution in [0.4, 0.5) is 15.3 Å². The Hall–Kier alpha value is -3.31. The number of carbonyl (C=O) groups excluding carboxylic acids is 3. The highest BCUT2D eigenvalue weighted by molar-refractivity contribution is 6.19.